The molecule has 136 valence electrons. The van der Waals surface area contributed by atoms with Crippen LogP contribution in [0.3, 0.4) is 0 Å². The Morgan fingerprint density at radius 2 is 2.08 bits per heavy atom. The number of aliphatic hydroxyl groups excluding tert-OH is 1. The zero-order valence-electron chi connectivity index (χ0n) is 14.9. The standard InChI is InChI=1S/C21H25N3O2/c25-15-21(12-16-4-2-1-3-5-16)13-18-7-8-19(21)24(18)20(26)9-6-17-14-22-10-11-23-17/h1-5,10-11,14,18-19,25H,6-9,12-13,15H2/t18-,19+,21-/m0/s1. The molecule has 26 heavy (non-hydrogen) atoms. The lowest BCUT2D eigenvalue weighted by molar-refractivity contribution is -0.133. The van der Waals surface area contributed by atoms with E-state index in [1.54, 1.807) is 18.6 Å². The van der Waals surface area contributed by atoms with Crippen molar-refractivity contribution in [1.82, 2.24) is 14.9 Å². The Labute approximate surface area is 154 Å². The Kier molecular flexibility index (Phi) is 4.72. The van der Waals surface area contributed by atoms with Gasteiger partial charge in [-0.2, -0.15) is 0 Å². The minimum Gasteiger partial charge on any atom is -0.396 e. The van der Waals surface area contributed by atoms with E-state index < -0.39 is 0 Å². The van der Waals surface area contributed by atoms with Gasteiger partial charge in [-0.25, -0.2) is 0 Å². The van der Waals surface area contributed by atoms with Gasteiger partial charge in [0.1, 0.15) is 0 Å². The molecule has 0 radical (unpaired) electrons. The highest BCUT2D eigenvalue weighted by molar-refractivity contribution is 5.78. The molecule has 3 atom stereocenters. The van der Waals surface area contributed by atoms with Crippen molar-refractivity contribution in [2.45, 2.75) is 50.6 Å². The van der Waals surface area contributed by atoms with E-state index in [9.17, 15) is 9.90 Å². The summed E-state index contributed by atoms with van der Waals surface area (Å²) in [5, 5.41) is 10.3. The Hall–Kier alpha value is -2.27. The number of rotatable bonds is 6. The van der Waals surface area contributed by atoms with Crippen LogP contribution in [0.1, 0.15) is 36.9 Å². The lowest BCUT2D eigenvalue weighted by atomic mass is 9.70. The molecule has 0 saturated carbocycles. The van der Waals surface area contributed by atoms with Crippen LogP contribution in [0, 0.1) is 5.41 Å². The molecule has 1 N–H and O–H groups in total. The SMILES string of the molecule is O=C(CCc1cnccn1)N1[C@H]2CC[C@@H]1[C@@](CO)(Cc1ccccc1)C2. The predicted octanol–water partition coefficient (Wildman–Crippen LogP) is 2.39. The summed E-state index contributed by atoms with van der Waals surface area (Å²) in [4.78, 5) is 23.3. The fourth-order valence-electron chi connectivity index (χ4n) is 4.91. The first-order chi connectivity index (χ1) is 12.7. The van der Waals surface area contributed by atoms with Crippen LogP contribution in [0.5, 0.6) is 0 Å². The monoisotopic (exact) mass is 351 g/mol. The van der Waals surface area contributed by atoms with E-state index in [2.05, 4.69) is 27.0 Å². The molecule has 4 rings (SSSR count). The molecule has 2 fully saturated rings. The fourth-order valence-corrected chi connectivity index (χ4v) is 4.91. The summed E-state index contributed by atoms with van der Waals surface area (Å²) >= 11 is 0. The molecule has 0 spiro atoms. The molecular formula is C21H25N3O2. The first kappa shape index (κ1) is 17.2. The molecule has 1 aromatic heterocycles. The van der Waals surface area contributed by atoms with E-state index in [1.165, 1.54) is 5.56 Å². The average molecular weight is 351 g/mol. The summed E-state index contributed by atoms with van der Waals surface area (Å²) in [6.07, 6.45) is 9.89. The molecule has 5 heteroatoms. The van der Waals surface area contributed by atoms with E-state index in [-0.39, 0.29) is 30.0 Å². The summed E-state index contributed by atoms with van der Waals surface area (Å²) in [5.41, 5.74) is 1.89. The zero-order valence-corrected chi connectivity index (χ0v) is 14.9. The predicted molar refractivity (Wildman–Crippen MR) is 98.3 cm³/mol. The van der Waals surface area contributed by atoms with E-state index >= 15 is 0 Å². The van der Waals surface area contributed by atoms with Crippen LogP contribution in [0.25, 0.3) is 0 Å². The molecule has 5 nitrogen and oxygen atoms in total. The normalized spacial score (nSPS) is 27.0. The zero-order chi connectivity index (χ0) is 18.0. The Morgan fingerprint density at radius 1 is 1.23 bits per heavy atom. The molecule has 1 amide bonds. The second-order valence-corrected chi connectivity index (χ2v) is 7.63. The largest absolute Gasteiger partial charge is 0.396 e. The van der Waals surface area contributed by atoms with Gasteiger partial charge >= 0.3 is 0 Å². The topological polar surface area (TPSA) is 66.3 Å². The molecule has 1 aromatic carbocycles. The number of amides is 1. The molecule has 2 bridgehead atoms. The Bertz CT molecular complexity index is 752. The van der Waals surface area contributed by atoms with Gasteiger partial charge in [-0.3, -0.25) is 14.8 Å². The van der Waals surface area contributed by atoms with Gasteiger partial charge in [0.25, 0.3) is 0 Å². The maximum atomic E-state index is 12.9. The van der Waals surface area contributed by atoms with Crippen molar-refractivity contribution in [2.24, 2.45) is 5.41 Å². The molecular weight excluding hydrogens is 326 g/mol. The smallest absolute Gasteiger partial charge is 0.223 e. The third-order valence-corrected chi connectivity index (χ3v) is 6.07. The quantitative estimate of drug-likeness (QED) is 0.868. The molecule has 2 saturated heterocycles. The summed E-state index contributed by atoms with van der Waals surface area (Å²) in [6, 6.07) is 10.7. The van der Waals surface area contributed by atoms with Crippen molar-refractivity contribution in [3.8, 4) is 0 Å². The maximum Gasteiger partial charge on any atom is 0.223 e. The lowest BCUT2D eigenvalue weighted by Crippen LogP contribution is -2.44. The van der Waals surface area contributed by atoms with Crippen molar-refractivity contribution in [2.75, 3.05) is 6.61 Å². The number of nitrogens with zero attached hydrogens (tertiary/aromatic N) is 3. The highest BCUT2D eigenvalue weighted by Gasteiger charge is 2.56. The van der Waals surface area contributed by atoms with Crippen molar-refractivity contribution in [3.63, 3.8) is 0 Å². The van der Waals surface area contributed by atoms with Gasteiger partial charge in [0.15, 0.2) is 0 Å². The van der Waals surface area contributed by atoms with Gasteiger partial charge in [-0.1, -0.05) is 30.3 Å². The maximum absolute atomic E-state index is 12.9. The van der Waals surface area contributed by atoms with Crippen LogP contribution >= 0.6 is 0 Å². The number of hydrogen-bond donors (Lipinski definition) is 1. The summed E-state index contributed by atoms with van der Waals surface area (Å²) in [6.45, 7) is 0.136. The minimum atomic E-state index is -0.202. The van der Waals surface area contributed by atoms with Crippen LogP contribution in [0.15, 0.2) is 48.9 Å². The van der Waals surface area contributed by atoms with Gasteiger partial charge in [0.05, 0.1) is 12.3 Å². The van der Waals surface area contributed by atoms with Crippen LogP contribution in [0.2, 0.25) is 0 Å². The number of aromatic nitrogens is 2. The van der Waals surface area contributed by atoms with Gasteiger partial charge in [0, 0.05) is 42.5 Å². The molecule has 3 heterocycles. The summed E-state index contributed by atoms with van der Waals surface area (Å²) < 4.78 is 0. The van der Waals surface area contributed by atoms with E-state index in [1.807, 2.05) is 18.2 Å². The summed E-state index contributed by atoms with van der Waals surface area (Å²) in [5.74, 6) is 0.187. The number of aryl methyl sites for hydroxylation is 1. The van der Waals surface area contributed by atoms with E-state index in [4.69, 9.17) is 0 Å². The number of carbonyl (C=O) groups excluding carboxylic acids is 1. The second kappa shape index (κ2) is 7.16. The fraction of sp³-hybridized carbons (Fsp3) is 0.476. The van der Waals surface area contributed by atoms with Crippen LogP contribution in [-0.2, 0) is 17.6 Å². The number of benzene rings is 1. The van der Waals surface area contributed by atoms with Gasteiger partial charge in [-0.15, -0.1) is 0 Å². The average Bonchev–Trinajstić information content (AvgIpc) is 3.24. The van der Waals surface area contributed by atoms with Crippen LogP contribution in [-0.4, -0.2) is 44.6 Å². The first-order valence-electron chi connectivity index (χ1n) is 9.43. The number of carbonyl (C=O) groups is 1. The first-order valence-corrected chi connectivity index (χ1v) is 9.43. The minimum absolute atomic E-state index is 0.136. The van der Waals surface area contributed by atoms with Gasteiger partial charge in [0.2, 0.25) is 5.91 Å². The number of fused-ring (bicyclic) bond motifs is 2. The van der Waals surface area contributed by atoms with Gasteiger partial charge in [-0.05, 0) is 37.7 Å². The van der Waals surface area contributed by atoms with Gasteiger partial charge < -0.3 is 10.0 Å². The molecule has 0 unspecified atom stereocenters. The van der Waals surface area contributed by atoms with Crippen LogP contribution in [0.4, 0.5) is 0 Å². The van der Waals surface area contributed by atoms with Crippen molar-refractivity contribution >= 4 is 5.91 Å². The molecule has 2 aromatic rings. The number of aliphatic hydroxyl groups is 1. The van der Waals surface area contributed by atoms with Crippen molar-refractivity contribution in [3.05, 3.63) is 60.2 Å². The van der Waals surface area contributed by atoms with E-state index in [0.29, 0.717) is 12.8 Å². The molecule has 2 aliphatic heterocycles. The lowest BCUT2D eigenvalue weighted by Gasteiger charge is -2.36. The number of hydrogen-bond acceptors (Lipinski definition) is 4. The summed E-state index contributed by atoms with van der Waals surface area (Å²) in [7, 11) is 0. The van der Waals surface area contributed by atoms with Crippen LogP contribution < -0.4 is 0 Å². The third-order valence-electron chi connectivity index (χ3n) is 6.07. The highest BCUT2D eigenvalue weighted by atomic mass is 16.3. The second-order valence-electron chi connectivity index (χ2n) is 7.63. The Morgan fingerprint density at radius 3 is 2.81 bits per heavy atom. The molecule has 0 aliphatic carbocycles. The van der Waals surface area contributed by atoms with Crippen molar-refractivity contribution < 1.29 is 9.90 Å². The third kappa shape index (κ3) is 3.12. The van der Waals surface area contributed by atoms with E-state index in [0.717, 1.165) is 31.4 Å². The molecule has 2 aliphatic rings. The Balaban J connectivity index is 1.47. The van der Waals surface area contributed by atoms with Crippen molar-refractivity contribution in [1.29, 1.82) is 0 Å². The highest BCUT2D eigenvalue weighted by Crippen LogP contribution is 2.51.